The molecular formula is C12H6BrFINO. The van der Waals surface area contributed by atoms with E-state index < -0.39 is 5.82 Å². The SMILES string of the molecule is O=C(c1cncc(F)c1)c1cc(Br)ccc1I. The van der Waals surface area contributed by atoms with Crippen LogP contribution in [0.5, 0.6) is 0 Å². The lowest BCUT2D eigenvalue weighted by atomic mass is 10.1. The molecule has 0 unspecified atom stereocenters. The molecule has 0 aliphatic rings. The predicted octanol–water partition coefficient (Wildman–Crippen LogP) is 3.82. The number of carbonyl (C=O) groups excluding carboxylic acids is 1. The van der Waals surface area contributed by atoms with Crippen LogP contribution >= 0.6 is 38.5 Å². The molecule has 1 heterocycles. The summed E-state index contributed by atoms with van der Waals surface area (Å²) in [5, 5.41) is 0. The number of hydrogen-bond acceptors (Lipinski definition) is 2. The Labute approximate surface area is 120 Å². The van der Waals surface area contributed by atoms with E-state index in [1.165, 1.54) is 12.3 Å². The fourth-order valence-corrected chi connectivity index (χ4v) is 2.30. The molecule has 0 atom stereocenters. The largest absolute Gasteiger partial charge is 0.289 e. The van der Waals surface area contributed by atoms with Gasteiger partial charge in [0, 0.05) is 25.4 Å². The van der Waals surface area contributed by atoms with Crippen molar-refractivity contribution in [2.75, 3.05) is 0 Å². The lowest BCUT2D eigenvalue weighted by Crippen LogP contribution is -2.04. The number of hydrogen-bond donors (Lipinski definition) is 0. The molecule has 17 heavy (non-hydrogen) atoms. The number of carbonyl (C=O) groups is 1. The molecule has 2 aromatic rings. The molecule has 0 amide bonds. The fraction of sp³-hybridized carbons (Fsp3) is 0. The quantitative estimate of drug-likeness (QED) is 0.561. The zero-order valence-electron chi connectivity index (χ0n) is 8.45. The highest BCUT2D eigenvalue weighted by Crippen LogP contribution is 2.21. The van der Waals surface area contributed by atoms with Crippen LogP contribution < -0.4 is 0 Å². The molecule has 2 rings (SSSR count). The molecule has 2 nitrogen and oxygen atoms in total. The van der Waals surface area contributed by atoms with Gasteiger partial charge in [-0.1, -0.05) is 15.9 Å². The smallest absolute Gasteiger partial charge is 0.195 e. The summed E-state index contributed by atoms with van der Waals surface area (Å²) < 4.78 is 14.6. The first kappa shape index (κ1) is 12.6. The molecular weight excluding hydrogens is 400 g/mol. The Morgan fingerprint density at radius 1 is 1.29 bits per heavy atom. The molecule has 1 aromatic carbocycles. The number of rotatable bonds is 2. The second kappa shape index (κ2) is 5.22. The first-order valence-electron chi connectivity index (χ1n) is 4.68. The third kappa shape index (κ3) is 2.90. The van der Waals surface area contributed by atoms with Gasteiger partial charge in [0.25, 0.3) is 0 Å². The van der Waals surface area contributed by atoms with E-state index in [2.05, 4.69) is 43.5 Å². The second-order valence-corrected chi connectivity index (χ2v) is 5.42. The zero-order chi connectivity index (χ0) is 12.4. The van der Waals surface area contributed by atoms with E-state index in [0.717, 1.165) is 14.2 Å². The molecule has 0 fully saturated rings. The minimum atomic E-state index is -0.513. The van der Waals surface area contributed by atoms with Gasteiger partial charge in [-0.05, 0) is 46.9 Å². The highest BCUT2D eigenvalue weighted by atomic mass is 127. The Morgan fingerprint density at radius 3 is 2.76 bits per heavy atom. The standard InChI is InChI=1S/C12H6BrFINO/c13-8-1-2-11(15)10(4-8)12(17)7-3-9(14)6-16-5-7/h1-6H. The van der Waals surface area contributed by atoms with E-state index in [1.807, 2.05) is 12.1 Å². The van der Waals surface area contributed by atoms with Crippen molar-refractivity contribution in [2.24, 2.45) is 0 Å². The Bertz CT molecular complexity index is 588. The van der Waals surface area contributed by atoms with Crippen molar-refractivity contribution in [1.29, 1.82) is 0 Å². The van der Waals surface area contributed by atoms with Crippen LogP contribution in [0.25, 0.3) is 0 Å². The van der Waals surface area contributed by atoms with Gasteiger partial charge < -0.3 is 0 Å². The van der Waals surface area contributed by atoms with Crippen LogP contribution in [0.4, 0.5) is 4.39 Å². The van der Waals surface area contributed by atoms with E-state index >= 15 is 0 Å². The minimum absolute atomic E-state index is 0.234. The molecule has 0 saturated carbocycles. The predicted molar refractivity (Wildman–Crippen MR) is 74.5 cm³/mol. The average molecular weight is 406 g/mol. The Hall–Kier alpha value is -0.820. The number of pyridine rings is 1. The molecule has 5 heteroatoms. The maximum atomic E-state index is 13.0. The second-order valence-electron chi connectivity index (χ2n) is 3.35. The van der Waals surface area contributed by atoms with Gasteiger partial charge in [-0.25, -0.2) is 4.39 Å². The van der Waals surface area contributed by atoms with Gasteiger partial charge in [-0.15, -0.1) is 0 Å². The maximum absolute atomic E-state index is 13.0. The molecule has 0 N–H and O–H groups in total. The van der Waals surface area contributed by atoms with Gasteiger partial charge in [0.2, 0.25) is 0 Å². The van der Waals surface area contributed by atoms with Crippen molar-refractivity contribution in [2.45, 2.75) is 0 Å². The van der Waals surface area contributed by atoms with Gasteiger partial charge >= 0.3 is 0 Å². The van der Waals surface area contributed by atoms with Crippen molar-refractivity contribution in [3.05, 3.63) is 61.6 Å². The summed E-state index contributed by atoms with van der Waals surface area (Å²) >= 11 is 5.38. The number of nitrogens with zero attached hydrogens (tertiary/aromatic N) is 1. The Morgan fingerprint density at radius 2 is 2.06 bits per heavy atom. The van der Waals surface area contributed by atoms with Gasteiger partial charge in [-0.3, -0.25) is 9.78 Å². The summed E-state index contributed by atoms with van der Waals surface area (Å²) in [6.07, 6.45) is 2.44. The highest BCUT2D eigenvalue weighted by Gasteiger charge is 2.13. The Kier molecular flexibility index (Phi) is 3.88. The van der Waals surface area contributed by atoms with E-state index in [9.17, 15) is 9.18 Å². The molecule has 0 radical (unpaired) electrons. The fourth-order valence-electron chi connectivity index (χ4n) is 1.36. The molecule has 0 aliphatic carbocycles. The summed E-state index contributed by atoms with van der Waals surface area (Å²) in [5.74, 6) is -0.747. The summed E-state index contributed by atoms with van der Waals surface area (Å²) in [6, 6.07) is 6.58. The Balaban J connectivity index is 2.47. The molecule has 0 spiro atoms. The van der Waals surface area contributed by atoms with Crippen LogP contribution in [0.15, 0.2) is 41.1 Å². The lowest BCUT2D eigenvalue weighted by molar-refractivity contribution is 0.103. The van der Waals surface area contributed by atoms with Gasteiger partial charge in [0.1, 0.15) is 5.82 Å². The summed E-state index contributed by atoms with van der Waals surface area (Å²) in [6.45, 7) is 0. The monoisotopic (exact) mass is 405 g/mol. The van der Waals surface area contributed by atoms with Crippen LogP contribution in [-0.4, -0.2) is 10.8 Å². The molecule has 0 aliphatic heterocycles. The number of ketones is 1. The first-order chi connectivity index (χ1) is 8.08. The molecule has 0 bridgehead atoms. The highest BCUT2D eigenvalue weighted by molar-refractivity contribution is 14.1. The van der Waals surface area contributed by atoms with Crippen LogP contribution in [0.2, 0.25) is 0 Å². The number of benzene rings is 1. The summed E-state index contributed by atoms with van der Waals surface area (Å²) in [5.41, 5.74) is 0.786. The molecule has 86 valence electrons. The van der Waals surface area contributed by atoms with E-state index in [-0.39, 0.29) is 11.3 Å². The first-order valence-corrected chi connectivity index (χ1v) is 6.55. The molecule has 1 aromatic heterocycles. The van der Waals surface area contributed by atoms with Crippen molar-refractivity contribution >= 4 is 44.3 Å². The molecule has 0 saturated heterocycles. The topological polar surface area (TPSA) is 30.0 Å². The van der Waals surface area contributed by atoms with Gasteiger partial charge in [-0.2, -0.15) is 0 Å². The number of aromatic nitrogens is 1. The van der Waals surface area contributed by atoms with Crippen LogP contribution in [0.1, 0.15) is 15.9 Å². The van der Waals surface area contributed by atoms with Crippen LogP contribution in [0, 0.1) is 9.39 Å². The normalized spacial score (nSPS) is 10.3. The van der Waals surface area contributed by atoms with Crippen molar-refractivity contribution in [1.82, 2.24) is 4.98 Å². The van der Waals surface area contributed by atoms with Crippen molar-refractivity contribution < 1.29 is 9.18 Å². The van der Waals surface area contributed by atoms with E-state index in [4.69, 9.17) is 0 Å². The maximum Gasteiger partial charge on any atom is 0.195 e. The van der Waals surface area contributed by atoms with Gasteiger partial charge in [0.05, 0.1) is 6.20 Å². The van der Waals surface area contributed by atoms with Crippen molar-refractivity contribution in [3.63, 3.8) is 0 Å². The van der Waals surface area contributed by atoms with E-state index in [1.54, 1.807) is 6.07 Å². The minimum Gasteiger partial charge on any atom is -0.289 e. The van der Waals surface area contributed by atoms with Crippen molar-refractivity contribution in [3.8, 4) is 0 Å². The van der Waals surface area contributed by atoms with E-state index in [0.29, 0.717) is 5.56 Å². The van der Waals surface area contributed by atoms with Crippen LogP contribution in [-0.2, 0) is 0 Å². The third-order valence-corrected chi connectivity index (χ3v) is 3.57. The third-order valence-electron chi connectivity index (χ3n) is 2.14. The summed E-state index contributed by atoms with van der Waals surface area (Å²) in [7, 11) is 0. The van der Waals surface area contributed by atoms with Crippen LogP contribution in [0.3, 0.4) is 0 Å². The number of halogens is 3. The zero-order valence-corrected chi connectivity index (χ0v) is 12.2. The summed E-state index contributed by atoms with van der Waals surface area (Å²) in [4.78, 5) is 15.8. The lowest BCUT2D eigenvalue weighted by Gasteiger charge is -2.04. The van der Waals surface area contributed by atoms with Gasteiger partial charge in [0.15, 0.2) is 5.78 Å². The average Bonchev–Trinajstić information content (AvgIpc) is 2.31.